The SMILES string of the molecule is O=C(NCc1ccccc1)[C@@H]1[C@H](CO)N(Cc2ccccc2)C(=O)N1Cc1ccccc1. The van der Waals surface area contributed by atoms with Gasteiger partial charge in [0.25, 0.3) is 0 Å². The molecule has 4 rings (SSSR count). The van der Waals surface area contributed by atoms with E-state index >= 15 is 0 Å². The Bertz CT molecular complexity index is 1030. The third-order valence-electron chi connectivity index (χ3n) is 5.75. The number of benzene rings is 3. The molecule has 1 aliphatic heterocycles. The molecule has 1 fully saturated rings. The fourth-order valence-electron chi connectivity index (χ4n) is 4.12. The number of amides is 3. The Kier molecular flexibility index (Phi) is 6.82. The highest BCUT2D eigenvalue weighted by molar-refractivity contribution is 5.91. The lowest BCUT2D eigenvalue weighted by Crippen LogP contribution is -2.50. The van der Waals surface area contributed by atoms with E-state index in [0.29, 0.717) is 19.6 Å². The molecule has 2 atom stereocenters. The molecule has 0 radical (unpaired) electrons. The Morgan fingerprint density at radius 1 is 0.750 bits per heavy atom. The van der Waals surface area contributed by atoms with E-state index in [1.165, 1.54) is 0 Å². The van der Waals surface area contributed by atoms with E-state index in [2.05, 4.69) is 5.32 Å². The van der Waals surface area contributed by atoms with Gasteiger partial charge in [-0.1, -0.05) is 91.0 Å². The molecule has 0 unspecified atom stereocenters. The number of urea groups is 1. The van der Waals surface area contributed by atoms with Gasteiger partial charge in [-0.05, 0) is 16.7 Å². The number of nitrogens with one attached hydrogen (secondary N) is 1. The third kappa shape index (κ3) is 4.81. The zero-order valence-corrected chi connectivity index (χ0v) is 17.8. The summed E-state index contributed by atoms with van der Waals surface area (Å²) in [6.07, 6.45) is 0. The van der Waals surface area contributed by atoms with Gasteiger partial charge in [-0.2, -0.15) is 0 Å². The first-order chi connectivity index (χ1) is 15.7. The minimum atomic E-state index is -0.792. The fourth-order valence-corrected chi connectivity index (χ4v) is 4.12. The highest BCUT2D eigenvalue weighted by Crippen LogP contribution is 2.27. The molecule has 6 heteroatoms. The van der Waals surface area contributed by atoms with Gasteiger partial charge in [-0.25, -0.2) is 4.79 Å². The van der Waals surface area contributed by atoms with Crippen LogP contribution in [-0.2, 0) is 24.4 Å². The van der Waals surface area contributed by atoms with Crippen molar-refractivity contribution >= 4 is 11.9 Å². The number of hydrogen-bond acceptors (Lipinski definition) is 3. The fraction of sp³-hybridized carbons (Fsp3) is 0.231. The second kappa shape index (κ2) is 10.1. The Morgan fingerprint density at radius 3 is 1.72 bits per heavy atom. The average molecular weight is 430 g/mol. The van der Waals surface area contributed by atoms with Crippen molar-refractivity contribution in [3.05, 3.63) is 108 Å². The summed E-state index contributed by atoms with van der Waals surface area (Å²) < 4.78 is 0. The molecule has 3 aromatic rings. The monoisotopic (exact) mass is 429 g/mol. The summed E-state index contributed by atoms with van der Waals surface area (Å²) >= 11 is 0. The zero-order valence-electron chi connectivity index (χ0n) is 17.8. The van der Waals surface area contributed by atoms with Crippen LogP contribution in [0.1, 0.15) is 16.7 Å². The van der Waals surface area contributed by atoms with Gasteiger partial charge in [0.15, 0.2) is 0 Å². The van der Waals surface area contributed by atoms with E-state index in [4.69, 9.17) is 0 Å². The molecule has 3 amide bonds. The topological polar surface area (TPSA) is 72.9 Å². The van der Waals surface area contributed by atoms with Crippen molar-refractivity contribution in [2.75, 3.05) is 6.61 Å². The Morgan fingerprint density at radius 2 is 1.22 bits per heavy atom. The van der Waals surface area contributed by atoms with E-state index in [0.717, 1.165) is 16.7 Å². The molecule has 164 valence electrons. The summed E-state index contributed by atoms with van der Waals surface area (Å²) in [7, 11) is 0. The highest BCUT2D eigenvalue weighted by Gasteiger charge is 2.48. The van der Waals surface area contributed by atoms with E-state index < -0.39 is 12.1 Å². The van der Waals surface area contributed by atoms with Gasteiger partial charge in [0.2, 0.25) is 5.91 Å². The van der Waals surface area contributed by atoms with Gasteiger partial charge >= 0.3 is 6.03 Å². The van der Waals surface area contributed by atoms with E-state index in [-0.39, 0.29) is 18.5 Å². The predicted octanol–water partition coefficient (Wildman–Crippen LogP) is 3.17. The summed E-state index contributed by atoms with van der Waals surface area (Å²) in [6.45, 7) is 0.692. The molecule has 32 heavy (non-hydrogen) atoms. The van der Waals surface area contributed by atoms with Crippen LogP contribution in [0.25, 0.3) is 0 Å². The van der Waals surface area contributed by atoms with Crippen molar-refractivity contribution in [3.63, 3.8) is 0 Å². The van der Waals surface area contributed by atoms with Crippen molar-refractivity contribution in [1.29, 1.82) is 0 Å². The van der Waals surface area contributed by atoms with Crippen LogP contribution >= 0.6 is 0 Å². The standard InChI is InChI=1S/C26H27N3O3/c30-19-23-24(25(31)27-16-20-10-4-1-5-11-20)29(18-22-14-8-3-9-15-22)26(32)28(23)17-21-12-6-2-7-13-21/h1-15,23-24,30H,16-19H2,(H,27,31)/t23-,24-/m0/s1. The van der Waals surface area contributed by atoms with Gasteiger partial charge in [0.05, 0.1) is 12.6 Å². The van der Waals surface area contributed by atoms with E-state index in [9.17, 15) is 14.7 Å². The van der Waals surface area contributed by atoms with Gasteiger partial charge < -0.3 is 20.2 Å². The van der Waals surface area contributed by atoms with Crippen LogP contribution < -0.4 is 5.32 Å². The summed E-state index contributed by atoms with van der Waals surface area (Å²) in [4.78, 5) is 29.9. The lowest BCUT2D eigenvalue weighted by molar-refractivity contribution is -0.126. The number of nitrogens with zero attached hydrogens (tertiary/aromatic N) is 2. The van der Waals surface area contributed by atoms with Crippen LogP contribution in [0.15, 0.2) is 91.0 Å². The Balaban J connectivity index is 1.59. The molecular formula is C26H27N3O3. The maximum Gasteiger partial charge on any atom is 0.321 e. The van der Waals surface area contributed by atoms with Crippen molar-refractivity contribution in [1.82, 2.24) is 15.1 Å². The van der Waals surface area contributed by atoms with Crippen LogP contribution in [0, 0.1) is 0 Å². The normalized spacial score (nSPS) is 18.1. The second-order valence-electron chi connectivity index (χ2n) is 7.91. The lowest BCUT2D eigenvalue weighted by Gasteiger charge is -2.26. The molecule has 1 aliphatic rings. The first kappa shape index (κ1) is 21.6. The van der Waals surface area contributed by atoms with Crippen molar-refractivity contribution in [2.45, 2.75) is 31.7 Å². The number of rotatable bonds is 8. The van der Waals surface area contributed by atoms with E-state index in [1.54, 1.807) is 9.80 Å². The second-order valence-corrected chi connectivity index (χ2v) is 7.91. The molecule has 1 heterocycles. The smallest absolute Gasteiger partial charge is 0.321 e. The molecule has 2 N–H and O–H groups in total. The van der Waals surface area contributed by atoms with Crippen LogP contribution in [0.2, 0.25) is 0 Å². The van der Waals surface area contributed by atoms with Crippen molar-refractivity contribution in [3.8, 4) is 0 Å². The molecular weight excluding hydrogens is 402 g/mol. The van der Waals surface area contributed by atoms with Crippen LogP contribution in [0.3, 0.4) is 0 Å². The summed E-state index contributed by atoms with van der Waals surface area (Å²) in [5.74, 6) is -0.271. The van der Waals surface area contributed by atoms with Crippen molar-refractivity contribution < 1.29 is 14.7 Å². The number of aliphatic hydroxyl groups excluding tert-OH is 1. The molecule has 1 saturated heterocycles. The molecule has 0 spiro atoms. The average Bonchev–Trinajstić information content (AvgIpc) is 3.10. The van der Waals surface area contributed by atoms with Gasteiger partial charge in [0, 0.05) is 19.6 Å². The van der Waals surface area contributed by atoms with Crippen molar-refractivity contribution in [2.24, 2.45) is 0 Å². The number of carbonyl (C=O) groups is 2. The predicted molar refractivity (Wildman–Crippen MR) is 122 cm³/mol. The molecule has 3 aromatic carbocycles. The van der Waals surface area contributed by atoms with Crippen LogP contribution in [0.5, 0.6) is 0 Å². The van der Waals surface area contributed by atoms with E-state index in [1.807, 2.05) is 91.0 Å². The Labute approximate surface area is 188 Å². The first-order valence-electron chi connectivity index (χ1n) is 10.7. The van der Waals surface area contributed by atoms with Crippen LogP contribution in [0.4, 0.5) is 4.79 Å². The summed E-state index contributed by atoms with van der Waals surface area (Å²) in [5, 5.41) is 13.2. The maximum absolute atomic E-state index is 13.4. The van der Waals surface area contributed by atoms with Gasteiger partial charge in [0.1, 0.15) is 6.04 Å². The van der Waals surface area contributed by atoms with Gasteiger partial charge in [-0.15, -0.1) is 0 Å². The molecule has 6 nitrogen and oxygen atoms in total. The number of hydrogen-bond donors (Lipinski definition) is 2. The van der Waals surface area contributed by atoms with Crippen LogP contribution in [-0.4, -0.2) is 45.5 Å². The first-order valence-corrected chi connectivity index (χ1v) is 10.7. The largest absolute Gasteiger partial charge is 0.394 e. The van der Waals surface area contributed by atoms with Gasteiger partial charge in [-0.3, -0.25) is 4.79 Å². The Hall–Kier alpha value is -3.64. The zero-order chi connectivity index (χ0) is 22.3. The summed E-state index contributed by atoms with van der Waals surface area (Å²) in [6, 6.07) is 27.2. The molecule has 0 aliphatic carbocycles. The lowest BCUT2D eigenvalue weighted by atomic mass is 10.1. The molecule has 0 saturated carbocycles. The minimum Gasteiger partial charge on any atom is -0.394 e. The third-order valence-corrected chi connectivity index (χ3v) is 5.75. The molecule has 0 aromatic heterocycles. The number of carbonyl (C=O) groups excluding carboxylic acids is 2. The summed E-state index contributed by atoms with van der Waals surface area (Å²) in [5.41, 5.74) is 2.85. The highest BCUT2D eigenvalue weighted by atomic mass is 16.3. The molecule has 0 bridgehead atoms. The minimum absolute atomic E-state index is 0.253. The number of aliphatic hydroxyl groups is 1. The maximum atomic E-state index is 13.4. The quantitative estimate of drug-likeness (QED) is 0.578.